The van der Waals surface area contributed by atoms with E-state index in [1.165, 1.54) is 0 Å². The molecule has 0 aromatic heterocycles. The summed E-state index contributed by atoms with van der Waals surface area (Å²) in [5.41, 5.74) is 0. The van der Waals surface area contributed by atoms with E-state index in [1.54, 1.807) is 0 Å². The van der Waals surface area contributed by atoms with Gasteiger partial charge in [-0.25, -0.2) is 4.39 Å². The average molecular weight is 220 g/mol. The number of aliphatic hydroxyl groups excluding tert-OH is 1. The highest BCUT2D eigenvalue weighted by molar-refractivity contribution is 5.62. The van der Waals surface area contributed by atoms with Gasteiger partial charge in [0.05, 0.1) is 0 Å². The quantitative estimate of drug-likeness (QED) is 0.614. The predicted molar refractivity (Wildman–Crippen MR) is 34.0 cm³/mol. The van der Waals surface area contributed by atoms with E-state index in [9.17, 15) is 22.0 Å². The molecule has 0 unspecified atom stereocenters. The Hall–Kier alpha value is -1.34. The molecule has 0 saturated carbocycles. The molecule has 1 rings (SSSR count). The summed E-state index contributed by atoms with van der Waals surface area (Å²) in [7, 11) is 0. The summed E-state index contributed by atoms with van der Waals surface area (Å²) in [4.78, 5) is 9.00. The van der Waals surface area contributed by atoms with E-state index in [4.69, 9.17) is 15.0 Å². The standard InChI is InChI=1S/C4HF5O.C2H4O2/c5-1-2(10)4(8,9)3(1,6)7;1-2(3)4/h10H;1H3,(H,3,4). The van der Waals surface area contributed by atoms with Crippen molar-refractivity contribution in [3.8, 4) is 0 Å². The predicted octanol–water partition coefficient (Wildman–Crippen LogP) is 2.10. The number of allylic oxidation sites excluding steroid dienone is 2. The topological polar surface area (TPSA) is 57.5 Å². The number of rotatable bonds is 0. The van der Waals surface area contributed by atoms with Gasteiger partial charge in [0.15, 0.2) is 0 Å². The Morgan fingerprint density at radius 1 is 1.21 bits per heavy atom. The molecular weight excluding hydrogens is 215 g/mol. The smallest absolute Gasteiger partial charge is 0.375 e. The molecule has 0 atom stereocenters. The zero-order chi connectivity index (χ0) is 11.7. The maximum atomic E-state index is 11.7. The third kappa shape index (κ3) is 1.78. The molecule has 3 nitrogen and oxygen atoms in total. The number of carbonyl (C=O) groups is 1. The first kappa shape index (κ1) is 12.7. The van der Waals surface area contributed by atoms with E-state index in [0.717, 1.165) is 6.92 Å². The van der Waals surface area contributed by atoms with E-state index in [-0.39, 0.29) is 0 Å². The molecule has 1 aliphatic rings. The SMILES string of the molecule is CC(=O)O.OC1=C(F)C(F)(F)C1(F)F. The maximum Gasteiger partial charge on any atom is 0.375 e. The highest BCUT2D eigenvalue weighted by atomic mass is 19.3. The molecule has 0 saturated heterocycles. The molecule has 14 heavy (non-hydrogen) atoms. The van der Waals surface area contributed by atoms with Gasteiger partial charge in [-0.15, -0.1) is 0 Å². The molecule has 0 heterocycles. The van der Waals surface area contributed by atoms with Gasteiger partial charge in [-0.1, -0.05) is 0 Å². The molecule has 0 spiro atoms. The summed E-state index contributed by atoms with van der Waals surface area (Å²) in [6.07, 6.45) is 0. The lowest BCUT2D eigenvalue weighted by Crippen LogP contribution is -2.52. The fourth-order valence-electron chi connectivity index (χ4n) is 0.511. The minimum absolute atomic E-state index is 0.833. The van der Waals surface area contributed by atoms with E-state index in [2.05, 4.69) is 0 Å². The number of hydrogen-bond acceptors (Lipinski definition) is 2. The zero-order valence-electron chi connectivity index (χ0n) is 6.69. The zero-order valence-corrected chi connectivity index (χ0v) is 6.69. The fraction of sp³-hybridized carbons (Fsp3) is 0.500. The van der Waals surface area contributed by atoms with Crippen LogP contribution in [0.15, 0.2) is 11.6 Å². The van der Waals surface area contributed by atoms with Gasteiger partial charge in [0.1, 0.15) is 0 Å². The Kier molecular flexibility index (Phi) is 3.10. The van der Waals surface area contributed by atoms with Gasteiger partial charge in [-0.3, -0.25) is 4.79 Å². The monoisotopic (exact) mass is 220 g/mol. The normalized spacial score (nSPS) is 21.9. The van der Waals surface area contributed by atoms with Gasteiger partial charge in [0.25, 0.3) is 5.97 Å². The van der Waals surface area contributed by atoms with Crippen LogP contribution in [0, 0.1) is 0 Å². The number of carboxylic acids is 1. The summed E-state index contributed by atoms with van der Waals surface area (Å²) < 4.78 is 58.1. The molecule has 0 amide bonds. The first-order valence-corrected chi connectivity index (χ1v) is 3.10. The van der Waals surface area contributed by atoms with Crippen LogP contribution in [-0.4, -0.2) is 28.0 Å². The second kappa shape index (κ2) is 3.43. The van der Waals surface area contributed by atoms with Crippen LogP contribution in [0.4, 0.5) is 22.0 Å². The van der Waals surface area contributed by atoms with Crippen molar-refractivity contribution < 1.29 is 37.0 Å². The Morgan fingerprint density at radius 2 is 1.50 bits per heavy atom. The second-order valence-corrected chi connectivity index (χ2v) is 2.33. The van der Waals surface area contributed by atoms with Crippen LogP contribution in [0.25, 0.3) is 0 Å². The number of aliphatic carboxylic acids is 1. The van der Waals surface area contributed by atoms with Crippen molar-refractivity contribution in [2.24, 2.45) is 0 Å². The first-order valence-electron chi connectivity index (χ1n) is 3.10. The summed E-state index contributed by atoms with van der Waals surface area (Å²) in [5, 5.41) is 15.3. The molecule has 0 fully saturated rings. The Morgan fingerprint density at radius 3 is 1.57 bits per heavy atom. The Bertz CT molecular complexity index is 257. The largest absolute Gasteiger partial charge is 0.504 e. The van der Waals surface area contributed by atoms with E-state index < -0.39 is 29.4 Å². The molecule has 82 valence electrons. The van der Waals surface area contributed by atoms with Gasteiger partial charge in [0, 0.05) is 6.92 Å². The number of aliphatic hydroxyl groups is 1. The van der Waals surface area contributed by atoms with Crippen molar-refractivity contribution in [3.05, 3.63) is 11.6 Å². The minimum Gasteiger partial charge on any atom is -0.504 e. The van der Waals surface area contributed by atoms with Crippen LogP contribution in [-0.2, 0) is 4.79 Å². The molecule has 1 aliphatic carbocycles. The minimum atomic E-state index is -4.82. The highest BCUT2D eigenvalue weighted by Crippen LogP contribution is 2.54. The lowest BCUT2D eigenvalue weighted by atomic mass is 9.96. The van der Waals surface area contributed by atoms with Crippen LogP contribution in [0.1, 0.15) is 6.92 Å². The molecule has 0 bridgehead atoms. The second-order valence-electron chi connectivity index (χ2n) is 2.33. The van der Waals surface area contributed by atoms with Crippen LogP contribution in [0.3, 0.4) is 0 Å². The Labute approximate surface area is 74.5 Å². The third-order valence-corrected chi connectivity index (χ3v) is 1.18. The van der Waals surface area contributed by atoms with E-state index >= 15 is 0 Å². The fourth-order valence-corrected chi connectivity index (χ4v) is 0.511. The lowest BCUT2D eigenvalue weighted by molar-refractivity contribution is -0.225. The van der Waals surface area contributed by atoms with Crippen molar-refractivity contribution >= 4 is 5.97 Å². The van der Waals surface area contributed by atoms with Crippen LogP contribution < -0.4 is 0 Å². The van der Waals surface area contributed by atoms with Crippen LogP contribution >= 0.6 is 0 Å². The summed E-state index contributed by atoms with van der Waals surface area (Å²) >= 11 is 0. The van der Waals surface area contributed by atoms with E-state index in [1.807, 2.05) is 0 Å². The molecule has 8 heteroatoms. The third-order valence-electron chi connectivity index (χ3n) is 1.18. The Balaban J connectivity index is 0.000000364. The van der Waals surface area contributed by atoms with Gasteiger partial charge >= 0.3 is 11.8 Å². The molecule has 0 radical (unpaired) electrons. The summed E-state index contributed by atoms with van der Waals surface area (Å²) in [6.45, 7) is 1.08. The van der Waals surface area contributed by atoms with Gasteiger partial charge in [-0.05, 0) is 0 Å². The first-order chi connectivity index (χ1) is 6.05. The van der Waals surface area contributed by atoms with Crippen LogP contribution in [0.2, 0.25) is 0 Å². The highest BCUT2D eigenvalue weighted by Gasteiger charge is 2.74. The van der Waals surface area contributed by atoms with Crippen molar-refractivity contribution in [2.75, 3.05) is 0 Å². The number of alkyl halides is 4. The van der Waals surface area contributed by atoms with Crippen molar-refractivity contribution in [1.29, 1.82) is 0 Å². The van der Waals surface area contributed by atoms with Gasteiger partial charge in [-0.2, -0.15) is 17.6 Å². The van der Waals surface area contributed by atoms with Crippen molar-refractivity contribution in [1.82, 2.24) is 0 Å². The van der Waals surface area contributed by atoms with Gasteiger partial charge in [0.2, 0.25) is 11.6 Å². The van der Waals surface area contributed by atoms with Gasteiger partial charge < -0.3 is 10.2 Å². The molecule has 2 N–H and O–H groups in total. The maximum absolute atomic E-state index is 11.7. The van der Waals surface area contributed by atoms with Crippen LogP contribution in [0.5, 0.6) is 0 Å². The number of hydrogen-bond donors (Lipinski definition) is 2. The summed E-state index contributed by atoms with van der Waals surface area (Å²) in [6, 6.07) is 0. The number of carboxylic acid groups (broad SMARTS) is 1. The molecular formula is C6H5F5O3. The van der Waals surface area contributed by atoms with Crippen molar-refractivity contribution in [2.45, 2.75) is 18.8 Å². The average Bonchev–Trinajstić information content (AvgIpc) is 2.00. The summed E-state index contributed by atoms with van der Waals surface area (Å²) in [5.74, 6) is -15.0. The van der Waals surface area contributed by atoms with Crippen molar-refractivity contribution in [3.63, 3.8) is 0 Å². The molecule has 0 aliphatic heterocycles. The molecule has 0 aromatic carbocycles. The van der Waals surface area contributed by atoms with E-state index in [0.29, 0.717) is 0 Å². The molecule has 0 aromatic rings. The number of halogens is 5. The lowest BCUT2D eigenvalue weighted by Gasteiger charge is -2.32.